The fourth-order valence-corrected chi connectivity index (χ4v) is 2.20. The maximum atomic E-state index is 11.6. The van der Waals surface area contributed by atoms with Crippen molar-refractivity contribution in [1.82, 2.24) is 4.72 Å². The first-order chi connectivity index (χ1) is 7.47. The largest absolute Gasteiger partial charge is 0.228 e. The number of benzene rings is 1. The van der Waals surface area contributed by atoms with Crippen LogP contribution in [-0.4, -0.2) is 13.7 Å². The molecule has 86 valence electrons. The van der Waals surface area contributed by atoms with Gasteiger partial charge in [0.2, 0.25) is 10.0 Å². The first-order valence-electron chi connectivity index (χ1n) is 4.93. The molecule has 0 saturated heterocycles. The molecule has 0 aromatic heterocycles. The van der Waals surface area contributed by atoms with Crippen LogP contribution in [0.1, 0.15) is 25.5 Å². The molecule has 1 aromatic carbocycles. The summed E-state index contributed by atoms with van der Waals surface area (Å²) >= 11 is 0. The van der Waals surface area contributed by atoms with Gasteiger partial charge in [-0.05, 0) is 19.4 Å². The average molecular weight is 238 g/mol. The molecule has 0 spiro atoms. The van der Waals surface area contributed by atoms with Crippen LogP contribution in [0, 0.1) is 11.3 Å². The number of sulfonamides is 1. The summed E-state index contributed by atoms with van der Waals surface area (Å²) < 4.78 is 25.7. The molecule has 0 heterocycles. The van der Waals surface area contributed by atoms with Crippen LogP contribution in [0.2, 0.25) is 0 Å². The molecule has 0 saturated carbocycles. The standard InChI is InChI=1S/C11H14N2O2S/c1-9(8-12)16(14,15)13-10(2)11-6-4-3-5-7-11/h3-7,9-10,13H,1-2H3/t9?,10-/m1/s1. The van der Waals surface area contributed by atoms with E-state index in [1.165, 1.54) is 6.92 Å². The SMILES string of the molecule is CC(C#N)S(=O)(=O)N[C@H](C)c1ccccc1. The molecule has 1 N–H and O–H groups in total. The minimum atomic E-state index is -3.57. The van der Waals surface area contributed by atoms with E-state index in [2.05, 4.69) is 4.72 Å². The van der Waals surface area contributed by atoms with Crippen molar-refractivity contribution < 1.29 is 8.42 Å². The highest BCUT2D eigenvalue weighted by molar-refractivity contribution is 7.90. The molecule has 1 rings (SSSR count). The molecular formula is C11H14N2O2S. The maximum Gasteiger partial charge on any atom is 0.228 e. The summed E-state index contributed by atoms with van der Waals surface area (Å²) in [6.45, 7) is 3.11. The van der Waals surface area contributed by atoms with Crippen LogP contribution in [0.25, 0.3) is 0 Å². The summed E-state index contributed by atoms with van der Waals surface area (Å²) in [6, 6.07) is 10.6. The van der Waals surface area contributed by atoms with Gasteiger partial charge in [-0.15, -0.1) is 0 Å². The van der Waals surface area contributed by atoms with E-state index >= 15 is 0 Å². The Bertz CT molecular complexity index is 476. The van der Waals surface area contributed by atoms with Crippen LogP contribution in [-0.2, 0) is 10.0 Å². The Balaban J connectivity index is 2.81. The van der Waals surface area contributed by atoms with Crippen LogP contribution in [0.3, 0.4) is 0 Å². The first kappa shape index (κ1) is 12.7. The zero-order valence-corrected chi connectivity index (χ0v) is 10.0. The summed E-state index contributed by atoms with van der Waals surface area (Å²) in [5.41, 5.74) is 0.871. The number of nitriles is 1. The monoisotopic (exact) mass is 238 g/mol. The van der Waals surface area contributed by atoms with Crippen molar-refractivity contribution in [2.75, 3.05) is 0 Å². The first-order valence-corrected chi connectivity index (χ1v) is 6.47. The predicted molar refractivity (Wildman–Crippen MR) is 62.0 cm³/mol. The number of nitrogens with zero attached hydrogens (tertiary/aromatic N) is 1. The maximum absolute atomic E-state index is 11.6. The Hall–Kier alpha value is -1.38. The van der Waals surface area contributed by atoms with Crippen molar-refractivity contribution >= 4 is 10.0 Å². The molecule has 5 heteroatoms. The quantitative estimate of drug-likeness (QED) is 0.865. The second kappa shape index (κ2) is 5.10. The third kappa shape index (κ3) is 3.05. The van der Waals surface area contributed by atoms with Gasteiger partial charge in [-0.2, -0.15) is 5.26 Å². The minimum Gasteiger partial charge on any atom is -0.211 e. The lowest BCUT2D eigenvalue weighted by Crippen LogP contribution is -2.33. The van der Waals surface area contributed by atoms with Crippen LogP contribution in [0.5, 0.6) is 0 Å². The smallest absolute Gasteiger partial charge is 0.211 e. The number of hydrogen-bond acceptors (Lipinski definition) is 3. The van der Waals surface area contributed by atoms with Crippen molar-refractivity contribution in [3.63, 3.8) is 0 Å². The predicted octanol–water partition coefficient (Wildman–Crippen LogP) is 1.58. The van der Waals surface area contributed by atoms with E-state index in [-0.39, 0.29) is 6.04 Å². The zero-order valence-electron chi connectivity index (χ0n) is 9.21. The fraction of sp³-hybridized carbons (Fsp3) is 0.364. The lowest BCUT2D eigenvalue weighted by atomic mass is 10.1. The van der Waals surface area contributed by atoms with E-state index in [1.807, 2.05) is 30.3 Å². The normalized spacial score (nSPS) is 15.1. The Morgan fingerprint density at radius 3 is 2.31 bits per heavy atom. The van der Waals surface area contributed by atoms with Gasteiger partial charge in [0.25, 0.3) is 0 Å². The van der Waals surface area contributed by atoms with Gasteiger partial charge in [-0.3, -0.25) is 0 Å². The Kier molecular flexibility index (Phi) is 4.05. The van der Waals surface area contributed by atoms with Crippen molar-refractivity contribution in [2.45, 2.75) is 25.1 Å². The van der Waals surface area contributed by atoms with Gasteiger partial charge >= 0.3 is 0 Å². The zero-order chi connectivity index (χ0) is 12.2. The summed E-state index contributed by atoms with van der Waals surface area (Å²) in [4.78, 5) is 0. The molecule has 1 aromatic rings. The van der Waals surface area contributed by atoms with Crippen LogP contribution < -0.4 is 4.72 Å². The van der Waals surface area contributed by atoms with Gasteiger partial charge in [0.1, 0.15) is 0 Å². The molecule has 0 aliphatic rings. The number of nitrogens with one attached hydrogen (secondary N) is 1. The van der Waals surface area contributed by atoms with E-state index in [9.17, 15) is 8.42 Å². The molecule has 0 fully saturated rings. The summed E-state index contributed by atoms with van der Waals surface area (Å²) in [5, 5.41) is 7.54. The van der Waals surface area contributed by atoms with Gasteiger partial charge in [-0.1, -0.05) is 30.3 Å². The van der Waals surface area contributed by atoms with Crippen molar-refractivity contribution in [3.8, 4) is 6.07 Å². The topological polar surface area (TPSA) is 70.0 Å². The third-order valence-corrected chi connectivity index (χ3v) is 4.01. The molecule has 0 radical (unpaired) electrons. The molecule has 4 nitrogen and oxygen atoms in total. The molecule has 2 atom stereocenters. The summed E-state index contributed by atoms with van der Waals surface area (Å²) in [5.74, 6) is 0. The van der Waals surface area contributed by atoms with Crippen LogP contribution >= 0.6 is 0 Å². The van der Waals surface area contributed by atoms with Gasteiger partial charge in [0.05, 0.1) is 6.07 Å². The Morgan fingerprint density at radius 1 is 1.25 bits per heavy atom. The Labute approximate surface area is 96.0 Å². The van der Waals surface area contributed by atoms with Gasteiger partial charge in [0.15, 0.2) is 5.25 Å². The lowest BCUT2D eigenvalue weighted by Gasteiger charge is -2.15. The third-order valence-electron chi connectivity index (χ3n) is 2.29. The Morgan fingerprint density at radius 2 is 1.81 bits per heavy atom. The van der Waals surface area contributed by atoms with E-state index in [0.717, 1.165) is 5.56 Å². The van der Waals surface area contributed by atoms with E-state index in [1.54, 1.807) is 13.0 Å². The van der Waals surface area contributed by atoms with Crippen LogP contribution in [0.4, 0.5) is 0 Å². The van der Waals surface area contributed by atoms with Crippen molar-refractivity contribution in [3.05, 3.63) is 35.9 Å². The molecular weight excluding hydrogens is 224 g/mol. The lowest BCUT2D eigenvalue weighted by molar-refractivity contribution is 0.562. The second-order valence-corrected chi connectivity index (χ2v) is 5.60. The molecule has 1 unspecified atom stereocenters. The van der Waals surface area contributed by atoms with Gasteiger partial charge in [-0.25, -0.2) is 13.1 Å². The van der Waals surface area contributed by atoms with Crippen molar-refractivity contribution in [2.24, 2.45) is 0 Å². The van der Waals surface area contributed by atoms with Crippen molar-refractivity contribution in [1.29, 1.82) is 5.26 Å². The second-order valence-electron chi connectivity index (χ2n) is 3.57. The molecule has 0 aliphatic carbocycles. The van der Waals surface area contributed by atoms with E-state index in [0.29, 0.717) is 0 Å². The highest BCUT2D eigenvalue weighted by Crippen LogP contribution is 2.13. The number of rotatable bonds is 4. The van der Waals surface area contributed by atoms with Crippen LogP contribution in [0.15, 0.2) is 30.3 Å². The van der Waals surface area contributed by atoms with E-state index < -0.39 is 15.3 Å². The van der Waals surface area contributed by atoms with E-state index in [4.69, 9.17) is 5.26 Å². The number of hydrogen-bond donors (Lipinski definition) is 1. The highest BCUT2D eigenvalue weighted by atomic mass is 32.2. The van der Waals surface area contributed by atoms with Gasteiger partial charge < -0.3 is 0 Å². The highest BCUT2D eigenvalue weighted by Gasteiger charge is 2.22. The minimum absolute atomic E-state index is 0.331. The molecule has 16 heavy (non-hydrogen) atoms. The summed E-state index contributed by atoms with van der Waals surface area (Å²) in [7, 11) is -3.57. The molecule has 0 bridgehead atoms. The molecule has 0 amide bonds. The summed E-state index contributed by atoms with van der Waals surface area (Å²) in [6.07, 6.45) is 0. The molecule has 0 aliphatic heterocycles. The fourth-order valence-electron chi connectivity index (χ4n) is 1.23. The van der Waals surface area contributed by atoms with Gasteiger partial charge in [0, 0.05) is 6.04 Å². The average Bonchev–Trinajstić information content (AvgIpc) is 2.28.